The molecule has 2 heterocycles. The number of tetrazole rings is 1. The Morgan fingerprint density at radius 3 is 3.00 bits per heavy atom. The summed E-state index contributed by atoms with van der Waals surface area (Å²) in [6.07, 6.45) is 3.09. The van der Waals surface area contributed by atoms with Crippen LogP contribution in [0.3, 0.4) is 0 Å². The molecular weight excluding hydrogens is 330 g/mol. The number of carbonyl (C=O) groups excluding carboxylic acids is 1. The lowest BCUT2D eigenvalue weighted by Crippen LogP contribution is -2.16. The SMILES string of the molecule is O=C(Nc1ccc2[nH]ncc2c1)c1c(Cl)cccc1-n1cnnn1. The zero-order valence-electron chi connectivity index (χ0n) is 12.1. The number of carbonyl (C=O) groups is 1. The monoisotopic (exact) mass is 339 g/mol. The fraction of sp³-hybridized carbons (Fsp3) is 0. The van der Waals surface area contributed by atoms with Gasteiger partial charge in [0.05, 0.1) is 28.0 Å². The Balaban J connectivity index is 1.71. The van der Waals surface area contributed by atoms with Crippen LogP contribution in [-0.4, -0.2) is 36.3 Å². The van der Waals surface area contributed by atoms with Gasteiger partial charge in [-0.1, -0.05) is 17.7 Å². The molecule has 4 aromatic rings. The van der Waals surface area contributed by atoms with Gasteiger partial charge in [0.15, 0.2) is 0 Å². The first-order chi connectivity index (χ1) is 11.7. The van der Waals surface area contributed by atoms with Crippen molar-refractivity contribution in [2.75, 3.05) is 5.32 Å². The van der Waals surface area contributed by atoms with Gasteiger partial charge in [-0.25, -0.2) is 0 Å². The van der Waals surface area contributed by atoms with E-state index in [1.807, 2.05) is 12.1 Å². The number of benzene rings is 2. The van der Waals surface area contributed by atoms with Crippen molar-refractivity contribution in [3.8, 4) is 5.69 Å². The van der Waals surface area contributed by atoms with Gasteiger partial charge in [0.2, 0.25) is 0 Å². The van der Waals surface area contributed by atoms with E-state index in [1.54, 1.807) is 30.5 Å². The quantitative estimate of drug-likeness (QED) is 0.597. The molecule has 0 bridgehead atoms. The topological polar surface area (TPSA) is 101 Å². The average molecular weight is 340 g/mol. The van der Waals surface area contributed by atoms with Gasteiger partial charge in [-0.2, -0.15) is 9.78 Å². The molecule has 0 aliphatic rings. The van der Waals surface area contributed by atoms with Crippen LogP contribution in [0.5, 0.6) is 0 Å². The number of halogens is 1. The van der Waals surface area contributed by atoms with Crippen LogP contribution in [0.25, 0.3) is 16.6 Å². The summed E-state index contributed by atoms with van der Waals surface area (Å²) in [4.78, 5) is 12.7. The molecule has 0 atom stereocenters. The Kier molecular flexibility index (Phi) is 3.43. The first kappa shape index (κ1) is 14.3. The molecule has 0 aliphatic carbocycles. The van der Waals surface area contributed by atoms with Crippen molar-refractivity contribution in [2.24, 2.45) is 0 Å². The molecule has 1 amide bonds. The number of nitrogens with zero attached hydrogens (tertiary/aromatic N) is 5. The zero-order chi connectivity index (χ0) is 16.5. The molecule has 0 radical (unpaired) electrons. The van der Waals surface area contributed by atoms with E-state index in [0.29, 0.717) is 22.0 Å². The highest BCUT2D eigenvalue weighted by molar-refractivity contribution is 6.35. The van der Waals surface area contributed by atoms with E-state index >= 15 is 0 Å². The van der Waals surface area contributed by atoms with Crippen LogP contribution in [0.15, 0.2) is 48.9 Å². The first-order valence-corrected chi connectivity index (χ1v) is 7.36. The van der Waals surface area contributed by atoms with Crippen molar-refractivity contribution in [3.05, 3.63) is 59.5 Å². The molecule has 2 aromatic heterocycles. The Morgan fingerprint density at radius 2 is 2.17 bits per heavy atom. The summed E-state index contributed by atoms with van der Waals surface area (Å²) in [7, 11) is 0. The predicted octanol–water partition coefficient (Wildman–Crippen LogP) is 2.44. The number of aromatic amines is 1. The average Bonchev–Trinajstić information content (AvgIpc) is 3.25. The van der Waals surface area contributed by atoms with Gasteiger partial charge in [-0.15, -0.1) is 5.10 Å². The molecule has 2 N–H and O–H groups in total. The highest BCUT2D eigenvalue weighted by Gasteiger charge is 2.18. The van der Waals surface area contributed by atoms with Crippen molar-refractivity contribution in [1.29, 1.82) is 0 Å². The van der Waals surface area contributed by atoms with Gasteiger partial charge < -0.3 is 5.32 Å². The van der Waals surface area contributed by atoms with E-state index in [9.17, 15) is 4.79 Å². The van der Waals surface area contributed by atoms with Crippen molar-refractivity contribution in [1.82, 2.24) is 30.4 Å². The summed E-state index contributed by atoms with van der Waals surface area (Å²) in [5.41, 5.74) is 2.31. The molecule has 0 fully saturated rings. The third-order valence-electron chi connectivity index (χ3n) is 3.51. The standard InChI is InChI=1S/C15H10ClN7O/c16-11-2-1-3-13(23-8-18-21-22-23)14(11)15(24)19-10-4-5-12-9(6-10)7-17-20-12/h1-8H,(H,17,20)(H,19,24). The van der Waals surface area contributed by atoms with Gasteiger partial charge >= 0.3 is 0 Å². The highest BCUT2D eigenvalue weighted by Crippen LogP contribution is 2.24. The van der Waals surface area contributed by atoms with Crippen LogP contribution in [0.1, 0.15) is 10.4 Å². The molecule has 9 heteroatoms. The number of anilines is 1. The van der Waals surface area contributed by atoms with E-state index in [2.05, 4.69) is 31.0 Å². The number of amides is 1. The van der Waals surface area contributed by atoms with Gasteiger partial charge in [-0.05, 0) is 40.8 Å². The summed E-state index contributed by atoms with van der Waals surface area (Å²) >= 11 is 6.23. The van der Waals surface area contributed by atoms with Crippen LogP contribution in [0, 0.1) is 0 Å². The summed E-state index contributed by atoms with van der Waals surface area (Å²) in [5.74, 6) is -0.353. The minimum atomic E-state index is -0.353. The molecule has 0 saturated carbocycles. The lowest BCUT2D eigenvalue weighted by molar-refractivity contribution is 0.102. The minimum absolute atomic E-state index is 0.291. The Labute approximate surface area is 140 Å². The molecule has 0 spiro atoms. The fourth-order valence-electron chi connectivity index (χ4n) is 2.41. The molecule has 0 saturated heterocycles. The van der Waals surface area contributed by atoms with Crippen molar-refractivity contribution >= 4 is 34.1 Å². The lowest BCUT2D eigenvalue weighted by atomic mass is 10.1. The number of H-pyrrole nitrogens is 1. The van der Waals surface area contributed by atoms with Crippen LogP contribution in [-0.2, 0) is 0 Å². The maximum Gasteiger partial charge on any atom is 0.259 e. The van der Waals surface area contributed by atoms with Gasteiger partial charge in [0.1, 0.15) is 6.33 Å². The molecule has 4 rings (SSSR count). The molecule has 0 unspecified atom stereocenters. The third-order valence-corrected chi connectivity index (χ3v) is 3.83. The zero-order valence-corrected chi connectivity index (χ0v) is 12.9. The molecule has 118 valence electrons. The van der Waals surface area contributed by atoms with Gasteiger partial charge in [-0.3, -0.25) is 9.89 Å². The summed E-state index contributed by atoms with van der Waals surface area (Å²) in [6, 6.07) is 10.5. The summed E-state index contributed by atoms with van der Waals surface area (Å²) in [5, 5.41) is 21.9. The normalized spacial score (nSPS) is 10.9. The number of nitrogens with one attached hydrogen (secondary N) is 2. The van der Waals surface area contributed by atoms with Crippen LogP contribution >= 0.6 is 11.6 Å². The fourth-order valence-corrected chi connectivity index (χ4v) is 2.67. The number of aromatic nitrogens is 6. The van der Waals surface area contributed by atoms with Crippen molar-refractivity contribution in [3.63, 3.8) is 0 Å². The first-order valence-electron chi connectivity index (χ1n) is 6.99. The lowest BCUT2D eigenvalue weighted by Gasteiger charge is -2.11. The Morgan fingerprint density at radius 1 is 1.25 bits per heavy atom. The Bertz CT molecular complexity index is 1030. The van der Waals surface area contributed by atoms with Gasteiger partial charge in [0, 0.05) is 11.1 Å². The Hall–Kier alpha value is -3.26. The largest absolute Gasteiger partial charge is 0.322 e. The molecule has 24 heavy (non-hydrogen) atoms. The second-order valence-electron chi connectivity index (χ2n) is 5.01. The van der Waals surface area contributed by atoms with E-state index in [4.69, 9.17) is 11.6 Å². The second-order valence-corrected chi connectivity index (χ2v) is 5.42. The highest BCUT2D eigenvalue weighted by atomic mass is 35.5. The van der Waals surface area contributed by atoms with Crippen molar-refractivity contribution in [2.45, 2.75) is 0 Å². The van der Waals surface area contributed by atoms with E-state index < -0.39 is 0 Å². The predicted molar refractivity (Wildman–Crippen MR) is 88.2 cm³/mol. The number of hydrogen-bond donors (Lipinski definition) is 2. The third kappa shape index (κ3) is 2.48. The van der Waals surface area contributed by atoms with Crippen LogP contribution in [0.4, 0.5) is 5.69 Å². The summed E-state index contributed by atoms with van der Waals surface area (Å²) in [6.45, 7) is 0. The number of hydrogen-bond acceptors (Lipinski definition) is 5. The summed E-state index contributed by atoms with van der Waals surface area (Å²) < 4.78 is 1.39. The van der Waals surface area contributed by atoms with Gasteiger partial charge in [0.25, 0.3) is 5.91 Å². The second kappa shape index (κ2) is 5.74. The molecule has 0 aliphatic heterocycles. The van der Waals surface area contributed by atoms with Crippen molar-refractivity contribution < 1.29 is 4.79 Å². The maximum absolute atomic E-state index is 12.7. The van der Waals surface area contributed by atoms with Crippen LogP contribution in [0.2, 0.25) is 5.02 Å². The molecule has 2 aromatic carbocycles. The maximum atomic E-state index is 12.7. The molecular formula is C15H10ClN7O. The van der Waals surface area contributed by atoms with E-state index in [0.717, 1.165) is 10.9 Å². The minimum Gasteiger partial charge on any atom is -0.322 e. The van der Waals surface area contributed by atoms with E-state index in [-0.39, 0.29) is 5.91 Å². The number of fused-ring (bicyclic) bond motifs is 1. The van der Waals surface area contributed by atoms with E-state index in [1.165, 1.54) is 11.0 Å². The molecule has 8 nitrogen and oxygen atoms in total. The number of rotatable bonds is 3. The smallest absolute Gasteiger partial charge is 0.259 e. The van der Waals surface area contributed by atoms with Crippen LogP contribution < -0.4 is 5.32 Å².